The van der Waals surface area contributed by atoms with E-state index in [0.717, 1.165) is 5.39 Å². The second-order valence-corrected chi connectivity index (χ2v) is 6.83. The van der Waals surface area contributed by atoms with Gasteiger partial charge in [0.1, 0.15) is 11.3 Å². The highest BCUT2D eigenvalue weighted by Gasteiger charge is 2.22. The molecule has 0 saturated heterocycles. The summed E-state index contributed by atoms with van der Waals surface area (Å²) in [4.78, 5) is 24.2. The van der Waals surface area contributed by atoms with Gasteiger partial charge < -0.3 is 10.4 Å². The summed E-state index contributed by atoms with van der Waals surface area (Å²) in [5.41, 5.74) is 11.2. The summed E-state index contributed by atoms with van der Waals surface area (Å²) in [7, 11) is 0. The molecule has 1 unspecified atom stereocenters. The smallest absolute Gasteiger partial charge is 0.252 e. The molecule has 0 aliphatic rings. The van der Waals surface area contributed by atoms with Gasteiger partial charge in [0.05, 0.1) is 12.6 Å². The normalized spacial score (nSPS) is 11.5. The molecule has 2 aromatic heterocycles. The lowest BCUT2D eigenvalue weighted by atomic mass is 9.97. The first kappa shape index (κ1) is 19.9. The van der Waals surface area contributed by atoms with Crippen molar-refractivity contribution in [3.8, 4) is 5.75 Å². The minimum absolute atomic E-state index is 0.0532. The molecular formula is C23H18N6O2. The SMILES string of the molecule is [N-]=[N+]=NCc1ccc2ccc(C(NC(=O)c3ccccc3)c3cccnc3)c(O)c2n1. The maximum atomic E-state index is 12.9. The van der Waals surface area contributed by atoms with Crippen molar-refractivity contribution in [1.29, 1.82) is 0 Å². The van der Waals surface area contributed by atoms with Gasteiger partial charge in [0, 0.05) is 39.5 Å². The van der Waals surface area contributed by atoms with E-state index in [4.69, 9.17) is 5.53 Å². The Morgan fingerprint density at radius 2 is 1.90 bits per heavy atom. The molecule has 0 aliphatic heterocycles. The van der Waals surface area contributed by atoms with Gasteiger partial charge in [-0.2, -0.15) is 0 Å². The lowest BCUT2D eigenvalue weighted by Gasteiger charge is -2.21. The molecule has 2 heterocycles. The Kier molecular flexibility index (Phi) is 5.73. The second-order valence-electron chi connectivity index (χ2n) is 6.83. The number of nitrogens with zero attached hydrogens (tertiary/aromatic N) is 5. The number of phenols is 1. The molecule has 2 N–H and O–H groups in total. The summed E-state index contributed by atoms with van der Waals surface area (Å²) in [6, 6.07) is 18.9. The summed E-state index contributed by atoms with van der Waals surface area (Å²) >= 11 is 0. The van der Waals surface area contributed by atoms with Gasteiger partial charge in [0.25, 0.3) is 5.91 Å². The van der Waals surface area contributed by atoms with Crippen LogP contribution in [0.15, 0.2) is 84.2 Å². The van der Waals surface area contributed by atoms with Crippen molar-refractivity contribution in [2.75, 3.05) is 0 Å². The summed E-state index contributed by atoms with van der Waals surface area (Å²) in [6.07, 6.45) is 3.29. The van der Waals surface area contributed by atoms with E-state index >= 15 is 0 Å². The molecule has 2 aromatic carbocycles. The van der Waals surface area contributed by atoms with Gasteiger partial charge in [0.15, 0.2) is 0 Å². The number of nitrogens with one attached hydrogen (secondary N) is 1. The van der Waals surface area contributed by atoms with Crippen LogP contribution in [0.25, 0.3) is 21.3 Å². The van der Waals surface area contributed by atoms with Crippen LogP contribution in [0, 0.1) is 0 Å². The molecule has 0 aliphatic carbocycles. The summed E-state index contributed by atoms with van der Waals surface area (Å²) < 4.78 is 0. The van der Waals surface area contributed by atoms with E-state index in [-0.39, 0.29) is 18.2 Å². The first-order valence-electron chi connectivity index (χ1n) is 9.55. The zero-order valence-corrected chi connectivity index (χ0v) is 16.4. The topological polar surface area (TPSA) is 124 Å². The molecule has 8 nitrogen and oxygen atoms in total. The van der Waals surface area contributed by atoms with Crippen molar-refractivity contribution < 1.29 is 9.90 Å². The number of hydrogen-bond acceptors (Lipinski definition) is 5. The van der Waals surface area contributed by atoms with Crippen molar-refractivity contribution in [3.63, 3.8) is 0 Å². The standard InChI is InChI=1S/C23H18N6O2/c24-29-26-14-18-10-8-15-9-11-19(22(30)21(15)27-18)20(17-7-4-12-25-13-17)28-23(31)16-5-2-1-3-6-16/h1-13,20,30H,14H2,(H,28,31). The van der Waals surface area contributed by atoms with Crippen LogP contribution in [0.5, 0.6) is 5.75 Å². The second kappa shape index (κ2) is 8.94. The van der Waals surface area contributed by atoms with Crippen molar-refractivity contribution in [1.82, 2.24) is 15.3 Å². The minimum atomic E-state index is -0.645. The molecule has 0 radical (unpaired) electrons. The van der Waals surface area contributed by atoms with E-state index in [1.807, 2.05) is 18.2 Å². The molecule has 0 fully saturated rings. The van der Waals surface area contributed by atoms with E-state index in [2.05, 4.69) is 25.3 Å². The van der Waals surface area contributed by atoms with Gasteiger partial charge in [-0.05, 0) is 35.4 Å². The van der Waals surface area contributed by atoms with Crippen LogP contribution in [-0.4, -0.2) is 21.0 Å². The molecule has 31 heavy (non-hydrogen) atoms. The van der Waals surface area contributed by atoms with Gasteiger partial charge in [0.2, 0.25) is 0 Å². The average Bonchev–Trinajstić information content (AvgIpc) is 2.83. The average molecular weight is 410 g/mol. The number of benzene rings is 2. The summed E-state index contributed by atoms with van der Waals surface area (Å²) in [5, 5.41) is 18.3. The van der Waals surface area contributed by atoms with E-state index in [9.17, 15) is 9.90 Å². The van der Waals surface area contributed by atoms with Crippen molar-refractivity contribution in [2.24, 2.45) is 5.11 Å². The highest BCUT2D eigenvalue weighted by molar-refractivity contribution is 5.95. The first-order valence-corrected chi connectivity index (χ1v) is 9.55. The molecule has 1 atom stereocenters. The predicted octanol–water partition coefficient (Wildman–Crippen LogP) is 4.67. The Labute approximate surface area is 177 Å². The van der Waals surface area contributed by atoms with Crippen molar-refractivity contribution in [3.05, 3.63) is 112 Å². The highest BCUT2D eigenvalue weighted by Crippen LogP contribution is 2.34. The minimum Gasteiger partial charge on any atom is -0.505 e. The number of pyridine rings is 2. The summed E-state index contributed by atoms with van der Waals surface area (Å²) in [6.45, 7) is 0.0763. The maximum absolute atomic E-state index is 12.9. The third kappa shape index (κ3) is 4.29. The van der Waals surface area contributed by atoms with E-state index < -0.39 is 6.04 Å². The fraction of sp³-hybridized carbons (Fsp3) is 0.0870. The Hall–Kier alpha value is -4.42. The maximum Gasteiger partial charge on any atom is 0.252 e. The van der Waals surface area contributed by atoms with E-state index in [1.54, 1.807) is 60.9 Å². The Balaban J connectivity index is 1.79. The van der Waals surface area contributed by atoms with Gasteiger partial charge in [-0.25, -0.2) is 4.98 Å². The number of carbonyl (C=O) groups is 1. The van der Waals surface area contributed by atoms with E-state index in [0.29, 0.717) is 27.9 Å². The molecule has 152 valence electrons. The van der Waals surface area contributed by atoms with Crippen LogP contribution < -0.4 is 5.32 Å². The van der Waals surface area contributed by atoms with Crippen molar-refractivity contribution in [2.45, 2.75) is 12.6 Å². The molecule has 0 spiro atoms. The quantitative estimate of drug-likeness (QED) is 0.272. The molecular weight excluding hydrogens is 392 g/mol. The molecule has 4 aromatic rings. The van der Waals surface area contributed by atoms with Gasteiger partial charge >= 0.3 is 0 Å². The number of rotatable bonds is 6. The largest absolute Gasteiger partial charge is 0.505 e. The zero-order chi connectivity index (χ0) is 21.6. The van der Waals surface area contributed by atoms with Crippen LogP contribution in [0.3, 0.4) is 0 Å². The first-order chi connectivity index (χ1) is 15.2. The number of aromatic nitrogens is 2. The van der Waals surface area contributed by atoms with Crippen LogP contribution >= 0.6 is 0 Å². The zero-order valence-electron chi connectivity index (χ0n) is 16.4. The third-order valence-corrected chi connectivity index (χ3v) is 4.86. The fourth-order valence-electron chi connectivity index (χ4n) is 3.35. The van der Waals surface area contributed by atoms with Crippen LogP contribution in [-0.2, 0) is 6.54 Å². The van der Waals surface area contributed by atoms with Gasteiger partial charge in [-0.15, -0.1) is 0 Å². The molecule has 4 rings (SSSR count). The number of carbonyl (C=O) groups excluding carboxylic acids is 1. The Bertz CT molecular complexity index is 1270. The lowest BCUT2D eigenvalue weighted by molar-refractivity contribution is 0.0942. The predicted molar refractivity (Wildman–Crippen MR) is 116 cm³/mol. The monoisotopic (exact) mass is 410 g/mol. The van der Waals surface area contributed by atoms with Gasteiger partial charge in [-0.1, -0.05) is 47.6 Å². The number of aromatic hydroxyl groups is 1. The van der Waals surface area contributed by atoms with Crippen LogP contribution in [0.1, 0.15) is 33.2 Å². The van der Waals surface area contributed by atoms with E-state index in [1.165, 1.54) is 0 Å². The number of phenolic OH excluding ortho intramolecular Hbond substituents is 1. The summed E-state index contributed by atoms with van der Waals surface area (Å²) in [5.74, 6) is -0.332. The number of hydrogen-bond donors (Lipinski definition) is 2. The molecule has 1 amide bonds. The fourth-order valence-corrected chi connectivity index (χ4v) is 3.35. The molecule has 8 heteroatoms. The van der Waals surface area contributed by atoms with Crippen LogP contribution in [0.4, 0.5) is 0 Å². The Morgan fingerprint density at radius 1 is 1.10 bits per heavy atom. The number of fused-ring (bicyclic) bond motifs is 1. The van der Waals surface area contributed by atoms with Crippen molar-refractivity contribution >= 4 is 16.8 Å². The van der Waals surface area contributed by atoms with Gasteiger partial charge in [-0.3, -0.25) is 9.78 Å². The van der Waals surface area contributed by atoms with Crippen LogP contribution in [0.2, 0.25) is 0 Å². The lowest BCUT2D eigenvalue weighted by Crippen LogP contribution is -2.29. The number of amides is 1. The molecule has 0 bridgehead atoms. The highest BCUT2D eigenvalue weighted by atomic mass is 16.3. The molecule has 0 saturated carbocycles. The third-order valence-electron chi connectivity index (χ3n) is 4.86. The Morgan fingerprint density at radius 3 is 2.65 bits per heavy atom. The number of azide groups is 1.